The Morgan fingerprint density at radius 1 is 1.31 bits per heavy atom. The predicted molar refractivity (Wildman–Crippen MR) is 67.0 cm³/mol. The Bertz CT molecular complexity index is 497. The average Bonchev–Trinajstić information content (AvgIpc) is 2.61. The zero-order valence-electron chi connectivity index (χ0n) is 8.72. The van der Waals surface area contributed by atoms with Gasteiger partial charge in [-0.3, -0.25) is 0 Å². The number of H-pyrrole nitrogens is 1. The molecular weight excluding hydrogens is 245 g/mol. The largest absolute Gasteiger partial charge is 0.396 e. The van der Waals surface area contributed by atoms with E-state index in [0.29, 0.717) is 22.2 Å². The van der Waals surface area contributed by atoms with Gasteiger partial charge in [0.05, 0.1) is 27.8 Å². The summed E-state index contributed by atoms with van der Waals surface area (Å²) in [6.07, 6.45) is 2.36. The fraction of sp³-hybridized carbons (Fsp3) is 0.182. The molecule has 0 radical (unpaired) electrons. The number of nitrogens with one attached hydrogen (secondary N) is 1. The molecule has 16 heavy (non-hydrogen) atoms. The molecule has 5 heteroatoms. The quantitative estimate of drug-likeness (QED) is 0.810. The molecule has 2 rings (SSSR count). The maximum absolute atomic E-state index is 5.96. The third-order valence-electron chi connectivity index (χ3n) is 2.44. The molecule has 3 nitrogen and oxygen atoms in total. The molecule has 0 aliphatic carbocycles. The van der Waals surface area contributed by atoms with Gasteiger partial charge in [-0.15, -0.1) is 0 Å². The van der Waals surface area contributed by atoms with Gasteiger partial charge in [0.25, 0.3) is 0 Å². The highest BCUT2D eigenvalue weighted by molar-refractivity contribution is 6.38. The van der Waals surface area contributed by atoms with Crippen LogP contribution in [0.4, 0.5) is 5.69 Å². The van der Waals surface area contributed by atoms with Crippen molar-refractivity contribution in [2.24, 2.45) is 0 Å². The fourth-order valence-corrected chi connectivity index (χ4v) is 2.03. The number of nitrogens with zero attached hydrogens (tertiary/aromatic N) is 1. The van der Waals surface area contributed by atoms with E-state index in [-0.39, 0.29) is 0 Å². The van der Waals surface area contributed by atoms with E-state index < -0.39 is 0 Å². The van der Waals surface area contributed by atoms with E-state index in [2.05, 4.69) is 9.97 Å². The van der Waals surface area contributed by atoms with Gasteiger partial charge in [0.2, 0.25) is 0 Å². The maximum atomic E-state index is 5.96. The Morgan fingerprint density at radius 3 is 2.44 bits per heavy atom. The number of aromatic nitrogens is 2. The number of aromatic amines is 1. The molecule has 1 aromatic heterocycles. The molecule has 0 saturated carbocycles. The first kappa shape index (κ1) is 11.3. The van der Waals surface area contributed by atoms with E-state index in [9.17, 15) is 0 Å². The molecule has 1 aromatic carbocycles. The van der Waals surface area contributed by atoms with Crippen LogP contribution in [-0.2, 0) is 6.42 Å². The summed E-state index contributed by atoms with van der Waals surface area (Å²) in [5.41, 5.74) is 9.12. The molecule has 0 spiro atoms. The second-order valence-electron chi connectivity index (χ2n) is 3.62. The van der Waals surface area contributed by atoms with Gasteiger partial charge in [-0.05, 0) is 24.6 Å². The highest BCUT2D eigenvalue weighted by atomic mass is 35.5. The first-order chi connectivity index (χ1) is 7.58. The molecule has 0 amide bonds. The summed E-state index contributed by atoms with van der Waals surface area (Å²) in [5.74, 6) is 0. The monoisotopic (exact) mass is 255 g/mol. The summed E-state index contributed by atoms with van der Waals surface area (Å²) in [4.78, 5) is 7.25. The second-order valence-corrected chi connectivity index (χ2v) is 4.44. The van der Waals surface area contributed by atoms with Crippen molar-refractivity contribution in [1.82, 2.24) is 9.97 Å². The van der Waals surface area contributed by atoms with E-state index in [4.69, 9.17) is 28.9 Å². The molecule has 0 fully saturated rings. The molecule has 0 aliphatic heterocycles. The van der Waals surface area contributed by atoms with Crippen LogP contribution in [0.3, 0.4) is 0 Å². The average molecular weight is 256 g/mol. The Labute approximate surface area is 104 Å². The van der Waals surface area contributed by atoms with Crippen molar-refractivity contribution in [2.75, 3.05) is 5.73 Å². The summed E-state index contributed by atoms with van der Waals surface area (Å²) >= 11 is 11.9. The lowest BCUT2D eigenvalue weighted by atomic mass is 10.1. The Hall–Kier alpha value is -1.19. The van der Waals surface area contributed by atoms with Gasteiger partial charge >= 0.3 is 0 Å². The molecule has 2 aromatic rings. The topological polar surface area (TPSA) is 54.7 Å². The van der Waals surface area contributed by atoms with Gasteiger partial charge < -0.3 is 10.7 Å². The lowest BCUT2D eigenvalue weighted by Crippen LogP contribution is -1.94. The van der Waals surface area contributed by atoms with Gasteiger partial charge in [-0.2, -0.15) is 0 Å². The number of nitrogen functional groups attached to an aromatic ring is 1. The van der Waals surface area contributed by atoms with E-state index >= 15 is 0 Å². The predicted octanol–water partition coefficient (Wildman–Crippen LogP) is 3.20. The highest BCUT2D eigenvalue weighted by Crippen LogP contribution is 2.29. The number of rotatable bonds is 2. The van der Waals surface area contributed by atoms with E-state index in [1.165, 1.54) is 0 Å². The van der Waals surface area contributed by atoms with E-state index in [1.54, 1.807) is 6.33 Å². The van der Waals surface area contributed by atoms with Crippen LogP contribution in [0, 0.1) is 6.92 Å². The number of hydrogen-bond acceptors (Lipinski definition) is 2. The lowest BCUT2D eigenvalue weighted by Gasteiger charge is -2.05. The zero-order chi connectivity index (χ0) is 11.7. The SMILES string of the molecule is Cc1[nH]cnc1Cc1cc(Cl)c(N)c(Cl)c1. The molecule has 1 heterocycles. The minimum absolute atomic E-state index is 0.422. The van der Waals surface area contributed by atoms with E-state index in [1.807, 2.05) is 19.1 Å². The molecule has 0 bridgehead atoms. The van der Waals surface area contributed by atoms with E-state index in [0.717, 1.165) is 17.0 Å². The smallest absolute Gasteiger partial charge is 0.0925 e. The minimum Gasteiger partial charge on any atom is -0.396 e. The highest BCUT2D eigenvalue weighted by Gasteiger charge is 2.07. The van der Waals surface area contributed by atoms with Crippen LogP contribution in [0.5, 0.6) is 0 Å². The molecule has 84 valence electrons. The summed E-state index contributed by atoms with van der Waals surface area (Å²) < 4.78 is 0. The van der Waals surface area contributed by atoms with Gasteiger partial charge in [-0.1, -0.05) is 23.2 Å². The number of nitrogens with two attached hydrogens (primary N) is 1. The minimum atomic E-state index is 0.422. The number of aryl methyl sites for hydroxylation is 1. The Balaban J connectivity index is 2.33. The van der Waals surface area contributed by atoms with Gasteiger partial charge in [0.15, 0.2) is 0 Å². The lowest BCUT2D eigenvalue weighted by molar-refractivity contribution is 1.08. The van der Waals surface area contributed by atoms with Crippen molar-refractivity contribution in [1.29, 1.82) is 0 Å². The van der Waals surface area contributed by atoms with Crippen molar-refractivity contribution >= 4 is 28.9 Å². The number of halogens is 2. The summed E-state index contributed by atoms with van der Waals surface area (Å²) in [5, 5.41) is 0.964. The second kappa shape index (κ2) is 4.36. The molecule has 0 saturated heterocycles. The Morgan fingerprint density at radius 2 is 1.94 bits per heavy atom. The number of benzene rings is 1. The number of imidazole rings is 1. The van der Waals surface area contributed by atoms with Crippen molar-refractivity contribution in [2.45, 2.75) is 13.3 Å². The first-order valence-corrected chi connectivity index (χ1v) is 5.55. The third-order valence-corrected chi connectivity index (χ3v) is 3.07. The molecular formula is C11H11Cl2N3. The molecule has 3 N–H and O–H groups in total. The fourth-order valence-electron chi connectivity index (χ4n) is 1.50. The standard InChI is InChI=1S/C11H11Cl2N3/c1-6-10(16-5-15-6)4-7-2-8(12)11(14)9(13)3-7/h2-3,5H,4,14H2,1H3,(H,15,16). The van der Waals surface area contributed by atoms with Crippen LogP contribution in [0.1, 0.15) is 17.0 Å². The Kier molecular flexibility index (Phi) is 3.08. The van der Waals surface area contributed by atoms with Crippen LogP contribution in [0.25, 0.3) is 0 Å². The maximum Gasteiger partial charge on any atom is 0.0925 e. The van der Waals surface area contributed by atoms with Crippen molar-refractivity contribution in [3.8, 4) is 0 Å². The van der Waals surface area contributed by atoms with Crippen LogP contribution in [-0.4, -0.2) is 9.97 Å². The third kappa shape index (κ3) is 2.15. The molecule has 0 atom stereocenters. The van der Waals surface area contributed by atoms with Gasteiger partial charge in [-0.25, -0.2) is 4.98 Å². The zero-order valence-corrected chi connectivity index (χ0v) is 10.2. The van der Waals surface area contributed by atoms with Gasteiger partial charge in [0, 0.05) is 12.1 Å². The first-order valence-electron chi connectivity index (χ1n) is 4.80. The molecule has 0 aliphatic rings. The molecule has 0 unspecified atom stereocenters. The summed E-state index contributed by atoms with van der Waals surface area (Å²) in [6, 6.07) is 3.63. The van der Waals surface area contributed by atoms with Gasteiger partial charge in [0.1, 0.15) is 0 Å². The van der Waals surface area contributed by atoms with Crippen LogP contribution >= 0.6 is 23.2 Å². The van der Waals surface area contributed by atoms with Crippen LogP contribution < -0.4 is 5.73 Å². The van der Waals surface area contributed by atoms with Crippen LogP contribution in [0.15, 0.2) is 18.5 Å². The summed E-state index contributed by atoms with van der Waals surface area (Å²) in [7, 11) is 0. The van der Waals surface area contributed by atoms with Crippen molar-refractivity contribution < 1.29 is 0 Å². The van der Waals surface area contributed by atoms with Crippen molar-refractivity contribution in [3.05, 3.63) is 45.5 Å². The van der Waals surface area contributed by atoms with Crippen molar-refractivity contribution in [3.63, 3.8) is 0 Å². The number of anilines is 1. The normalized spacial score (nSPS) is 10.7. The summed E-state index contributed by atoms with van der Waals surface area (Å²) in [6.45, 7) is 1.98. The van der Waals surface area contributed by atoms with Crippen LogP contribution in [0.2, 0.25) is 10.0 Å². The number of hydrogen-bond donors (Lipinski definition) is 2.